The van der Waals surface area contributed by atoms with E-state index in [0.29, 0.717) is 11.3 Å². The first-order chi connectivity index (χ1) is 15.7. The van der Waals surface area contributed by atoms with Gasteiger partial charge in [0.15, 0.2) is 5.70 Å². The van der Waals surface area contributed by atoms with Crippen molar-refractivity contribution < 1.29 is 18.7 Å². The molecule has 4 nitrogen and oxygen atoms in total. The van der Waals surface area contributed by atoms with Crippen LogP contribution in [0.4, 0.5) is 4.39 Å². The van der Waals surface area contributed by atoms with Crippen molar-refractivity contribution in [3.63, 3.8) is 0 Å². The molecule has 0 atom stereocenters. The SMILES string of the molecule is O=C1OC(c2ccc3ccccc3c2)=N/C1=C\c1cccc(OCc2ccccc2F)c1. The second kappa shape index (κ2) is 8.47. The van der Waals surface area contributed by atoms with E-state index >= 15 is 0 Å². The Morgan fingerprint density at radius 2 is 1.69 bits per heavy atom. The van der Waals surface area contributed by atoms with E-state index in [1.165, 1.54) is 6.07 Å². The van der Waals surface area contributed by atoms with Crippen molar-refractivity contribution in [3.8, 4) is 5.75 Å². The smallest absolute Gasteiger partial charge is 0.363 e. The summed E-state index contributed by atoms with van der Waals surface area (Å²) in [6.45, 7) is 0.110. The number of rotatable bonds is 5. The molecule has 1 aliphatic rings. The van der Waals surface area contributed by atoms with E-state index in [1.807, 2.05) is 48.5 Å². The molecule has 156 valence electrons. The van der Waals surface area contributed by atoms with Gasteiger partial charge in [0, 0.05) is 11.1 Å². The van der Waals surface area contributed by atoms with Gasteiger partial charge in [0.25, 0.3) is 0 Å². The summed E-state index contributed by atoms with van der Waals surface area (Å²) in [5.74, 6) is 0.0209. The fraction of sp³-hybridized carbons (Fsp3) is 0.0370. The number of carbonyl (C=O) groups is 1. The molecule has 0 bridgehead atoms. The molecule has 0 spiro atoms. The minimum Gasteiger partial charge on any atom is -0.489 e. The first kappa shape index (κ1) is 19.7. The zero-order chi connectivity index (χ0) is 21.9. The Bertz CT molecular complexity index is 1390. The fourth-order valence-corrected chi connectivity index (χ4v) is 3.48. The summed E-state index contributed by atoms with van der Waals surface area (Å²) in [5.41, 5.74) is 2.15. The maximum Gasteiger partial charge on any atom is 0.363 e. The molecule has 0 radical (unpaired) electrons. The summed E-state index contributed by atoms with van der Waals surface area (Å²) in [6.07, 6.45) is 1.65. The molecule has 0 aromatic heterocycles. The van der Waals surface area contributed by atoms with Gasteiger partial charge in [-0.15, -0.1) is 0 Å². The minimum absolute atomic E-state index is 0.110. The van der Waals surface area contributed by atoms with Crippen LogP contribution < -0.4 is 4.74 Å². The predicted octanol–water partition coefficient (Wildman–Crippen LogP) is 5.90. The Morgan fingerprint density at radius 3 is 2.56 bits per heavy atom. The molecule has 1 aliphatic heterocycles. The number of hydrogen-bond acceptors (Lipinski definition) is 4. The molecule has 32 heavy (non-hydrogen) atoms. The third-order valence-corrected chi connectivity index (χ3v) is 5.13. The third kappa shape index (κ3) is 4.14. The van der Waals surface area contributed by atoms with Crippen molar-refractivity contribution in [1.82, 2.24) is 0 Å². The molecule has 1 heterocycles. The highest BCUT2D eigenvalue weighted by molar-refractivity contribution is 6.13. The van der Waals surface area contributed by atoms with Gasteiger partial charge in [-0.2, -0.15) is 0 Å². The zero-order valence-electron chi connectivity index (χ0n) is 17.0. The number of nitrogens with zero attached hydrogens (tertiary/aromatic N) is 1. The predicted molar refractivity (Wildman–Crippen MR) is 122 cm³/mol. The summed E-state index contributed by atoms with van der Waals surface area (Å²) in [4.78, 5) is 16.8. The molecule has 0 unspecified atom stereocenters. The maximum absolute atomic E-state index is 13.8. The van der Waals surface area contributed by atoms with Gasteiger partial charge in [0.1, 0.15) is 18.2 Å². The highest BCUT2D eigenvalue weighted by Gasteiger charge is 2.24. The van der Waals surface area contributed by atoms with Gasteiger partial charge in [0.2, 0.25) is 5.90 Å². The molecular formula is C27H18FNO3. The number of aliphatic imine (C=N–C) groups is 1. The van der Waals surface area contributed by atoms with Crippen LogP contribution in [0.25, 0.3) is 16.8 Å². The molecule has 0 saturated heterocycles. The number of esters is 1. The lowest BCUT2D eigenvalue weighted by Crippen LogP contribution is -2.05. The van der Waals surface area contributed by atoms with E-state index in [9.17, 15) is 9.18 Å². The lowest BCUT2D eigenvalue weighted by atomic mass is 10.1. The molecule has 0 fully saturated rings. The number of halogens is 1. The molecule has 0 aliphatic carbocycles. The number of ether oxygens (including phenoxy) is 2. The Hall–Kier alpha value is -4.25. The van der Waals surface area contributed by atoms with Crippen LogP contribution in [0, 0.1) is 5.82 Å². The van der Waals surface area contributed by atoms with Crippen molar-refractivity contribution in [1.29, 1.82) is 0 Å². The van der Waals surface area contributed by atoms with Gasteiger partial charge >= 0.3 is 5.97 Å². The van der Waals surface area contributed by atoms with E-state index in [0.717, 1.165) is 21.9 Å². The maximum atomic E-state index is 13.8. The van der Waals surface area contributed by atoms with Gasteiger partial charge in [0.05, 0.1) is 0 Å². The Labute approximate surface area is 184 Å². The summed E-state index contributed by atoms with van der Waals surface area (Å²) in [5, 5.41) is 2.14. The van der Waals surface area contributed by atoms with E-state index in [1.54, 1.807) is 42.5 Å². The molecule has 0 amide bonds. The van der Waals surface area contributed by atoms with Gasteiger partial charge in [-0.3, -0.25) is 0 Å². The number of fused-ring (bicyclic) bond motifs is 1. The average Bonchev–Trinajstić information content (AvgIpc) is 3.18. The molecule has 5 rings (SSSR count). The van der Waals surface area contributed by atoms with Crippen LogP contribution in [0.1, 0.15) is 16.7 Å². The number of benzene rings is 4. The van der Waals surface area contributed by atoms with Gasteiger partial charge in [-0.1, -0.05) is 60.7 Å². The lowest BCUT2D eigenvalue weighted by molar-refractivity contribution is -0.129. The van der Waals surface area contributed by atoms with Crippen LogP contribution in [0.2, 0.25) is 0 Å². The van der Waals surface area contributed by atoms with Gasteiger partial charge < -0.3 is 9.47 Å². The van der Waals surface area contributed by atoms with E-state index in [-0.39, 0.29) is 24.0 Å². The second-order valence-electron chi connectivity index (χ2n) is 7.35. The largest absolute Gasteiger partial charge is 0.489 e. The number of hydrogen-bond donors (Lipinski definition) is 0. The highest BCUT2D eigenvalue weighted by atomic mass is 19.1. The highest BCUT2D eigenvalue weighted by Crippen LogP contribution is 2.24. The van der Waals surface area contributed by atoms with Gasteiger partial charge in [-0.05, 0) is 52.7 Å². The van der Waals surface area contributed by atoms with E-state index < -0.39 is 5.97 Å². The van der Waals surface area contributed by atoms with Crippen LogP contribution >= 0.6 is 0 Å². The standard InChI is InChI=1S/C27H18FNO3/c28-24-11-4-3-9-22(24)17-31-23-10-5-6-18(14-23)15-25-27(30)32-26(29-25)21-13-12-19-7-1-2-8-20(19)16-21/h1-16H,17H2/b25-15-. The monoisotopic (exact) mass is 423 g/mol. The van der Waals surface area contributed by atoms with Crippen LogP contribution in [0.3, 0.4) is 0 Å². The van der Waals surface area contributed by atoms with Crippen LogP contribution in [0.15, 0.2) is 102 Å². The topological polar surface area (TPSA) is 47.9 Å². The molecule has 5 heteroatoms. The average molecular weight is 423 g/mol. The van der Waals surface area contributed by atoms with E-state index in [4.69, 9.17) is 9.47 Å². The van der Waals surface area contributed by atoms with Gasteiger partial charge in [-0.25, -0.2) is 14.2 Å². The summed E-state index contributed by atoms with van der Waals surface area (Å²) < 4.78 is 24.9. The van der Waals surface area contributed by atoms with Crippen LogP contribution in [-0.4, -0.2) is 11.9 Å². The van der Waals surface area contributed by atoms with Crippen LogP contribution in [-0.2, 0) is 16.1 Å². The Kier molecular flexibility index (Phi) is 5.22. The minimum atomic E-state index is -0.508. The summed E-state index contributed by atoms with van der Waals surface area (Å²) >= 11 is 0. The molecule has 0 N–H and O–H groups in total. The normalized spacial score (nSPS) is 14.5. The Balaban J connectivity index is 1.37. The van der Waals surface area contributed by atoms with Crippen molar-refractivity contribution in [2.45, 2.75) is 6.61 Å². The van der Waals surface area contributed by atoms with Crippen molar-refractivity contribution in [3.05, 3.63) is 119 Å². The number of carbonyl (C=O) groups excluding carboxylic acids is 1. The second-order valence-corrected chi connectivity index (χ2v) is 7.35. The van der Waals surface area contributed by atoms with E-state index in [2.05, 4.69) is 4.99 Å². The zero-order valence-corrected chi connectivity index (χ0v) is 17.0. The molecule has 4 aromatic carbocycles. The fourth-order valence-electron chi connectivity index (χ4n) is 3.48. The molecule has 4 aromatic rings. The summed E-state index contributed by atoms with van der Waals surface area (Å²) in [7, 11) is 0. The summed E-state index contributed by atoms with van der Waals surface area (Å²) in [6, 6.07) is 27.4. The lowest BCUT2D eigenvalue weighted by Gasteiger charge is -2.07. The first-order valence-electron chi connectivity index (χ1n) is 10.1. The quantitative estimate of drug-likeness (QED) is 0.296. The van der Waals surface area contributed by atoms with Crippen molar-refractivity contribution >= 4 is 28.7 Å². The molecular weight excluding hydrogens is 405 g/mol. The first-order valence-corrected chi connectivity index (χ1v) is 10.1. The van der Waals surface area contributed by atoms with Crippen molar-refractivity contribution in [2.24, 2.45) is 4.99 Å². The van der Waals surface area contributed by atoms with Crippen molar-refractivity contribution in [2.75, 3.05) is 0 Å². The van der Waals surface area contributed by atoms with Crippen LogP contribution in [0.5, 0.6) is 5.75 Å². The Morgan fingerprint density at radius 1 is 0.875 bits per heavy atom. The molecule has 0 saturated carbocycles. The number of cyclic esters (lactones) is 1. The third-order valence-electron chi connectivity index (χ3n) is 5.13.